The largest absolute Gasteiger partial charge is 0.483 e. The van der Waals surface area contributed by atoms with Crippen molar-refractivity contribution in [2.24, 2.45) is 0 Å². The van der Waals surface area contributed by atoms with Crippen molar-refractivity contribution in [3.63, 3.8) is 0 Å². The molecule has 0 bridgehead atoms. The van der Waals surface area contributed by atoms with Gasteiger partial charge in [0.15, 0.2) is 5.76 Å². The molecular formula is C15H19N3O6. The molecule has 2 aromatic rings. The Hall–Kier alpha value is -2.65. The van der Waals surface area contributed by atoms with Gasteiger partial charge in [-0.3, -0.25) is 9.59 Å². The first kappa shape index (κ1) is 17.7. The molecule has 24 heavy (non-hydrogen) atoms. The van der Waals surface area contributed by atoms with Gasteiger partial charge in [0.2, 0.25) is 0 Å². The predicted octanol–water partition coefficient (Wildman–Crippen LogP) is -0.207. The van der Waals surface area contributed by atoms with Gasteiger partial charge in [-0.2, -0.15) is 0 Å². The molecule has 3 heterocycles. The zero-order valence-corrected chi connectivity index (χ0v) is 12.9. The lowest BCUT2D eigenvalue weighted by Crippen LogP contribution is -2.48. The Morgan fingerprint density at radius 1 is 1.33 bits per heavy atom. The fourth-order valence-corrected chi connectivity index (χ4v) is 2.51. The van der Waals surface area contributed by atoms with Crippen molar-refractivity contribution in [1.29, 1.82) is 0 Å². The van der Waals surface area contributed by atoms with Crippen molar-refractivity contribution in [3.8, 4) is 0 Å². The van der Waals surface area contributed by atoms with Gasteiger partial charge in [0, 0.05) is 31.9 Å². The maximum absolute atomic E-state index is 12.3. The zero-order valence-electron chi connectivity index (χ0n) is 12.9. The smallest absolute Gasteiger partial charge is 0.290 e. The average Bonchev–Trinajstić information content (AvgIpc) is 3.19. The highest BCUT2D eigenvalue weighted by Gasteiger charge is 2.29. The molecule has 1 saturated heterocycles. The summed E-state index contributed by atoms with van der Waals surface area (Å²) in [4.78, 5) is 26.0. The lowest BCUT2D eigenvalue weighted by molar-refractivity contribution is -0.122. The predicted molar refractivity (Wildman–Crippen MR) is 81.3 cm³/mol. The molecule has 0 spiro atoms. The third kappa shape index (κ3) is 4.67. The van der Waals surface area contributed by atoms with E-state index in [0.717, 1.165) is 0 Å². The standard InChI is InChI=1S/C14H17N3O4.CH2O2/c18-10-5-11(19)7-17(6-10)14(20)13-2-1-12(21-13)8-16-4-3-15-9-16;2-1-3/h1-4,9-11,18-19H,5-8H2;1H,(H,2,3)/t10-,11-;/m1./s1. The lowest BCUT2D eigenvalue weighted by atomic mass is 10.1. The number of rotatable bonds is 3. The number of carboxylic acid groups (broad SMARTS) is 1. The first-order valence-electron chi connectivity index (χ1n) is 7.31. The van der Waals surface area contributed by atoms with Crippen LogP contribution in [0.4, 0.5) is 0 Å². The van der Waals surface area contributed by atoms with Gasteiger partial charge in [-0.25, -0.2) is 4.98 Å². The van der Waals surface area contributed by atoms with Gasteiger partial charge >= 0.3 is 0 Å². The number of nitrogens with zero attached hydrogens (tertiary/aromatic N) is 3. The number of hydrogen-bond acceptors (Lipinski definition) is 6. The number of aliphatic hydroxyl groups is 2. The fraction of sp³-hybridized carbons (Fsp3) is 0.400. The van der Waals surface area contributed by atoms with Crippen LogP contribution < -0.4 is 0 Å². The molecule has 2 atom stereocenters. The van der Waals surface area contributed by atoms with Crippen LogP contribution in [0, 0.1) is 0 Å². The molecule has 3 N–H and O–H groups in total. The number of piperidine rings is 1. The fourth-order valence-electron chi connectivity index (χ4n) is 2.51. The van der Waals surface area contributed by atoms with Crippen molar-refractivity contribution in [3.05, 3.63) is 42.4 Å². The number of imidazole rings is 1. The molecule has 3 rings (SSSR count). The van der Waals surface area contributed by atoms with Crippen molar-refractivity contribution >= 4 is 12.4 Å². The van der Waals surface area contributed by atoms with Gasteiger partial charge in [0.25, 0.3) is 12.4 Å². The number of amides is 1. The highest BCUT2D eigenvalue weighted by atomic mass is 16.4. The second-order valence-electron chi connectivity index (χ2n) is 5.36. The minimum Gasteiger partial charge on any atom is -0.483 e. The van der Waals surface area contributed by atoms with E-state index in [1.165, 1.54) is 4.90 Å². The van der Waals surface area contributed by atoms with Crippen LogP contribution in [-0.2, 0) is 11.3 Å². The van der Waals surface area contributed by atoms with E-state index in [1.807, 2.05) is 4.57 Å². The molecule has 0 radical (unpaired) electrons. The Kier molecular flexibility index (Phi) is 6.10. The summed E-state index contributed by atoms with van der Waals surface area (Å²) in [5.41, 5.74) is 0. The number of β-amino-alcohol motifs (C(OH)–C–C–N with tert-alkyl or cyclic N) is 2. The minimum absolute atomic E-state index is 0.214. The monoisotopic (exact) mass is 337 g/mol. The number of carbonyl (C=O) groups is 2. The summed E-state index contributed by atoms with van der Waals surface area (Å²) in [6, 6.07) is 3.35. The van der Waals surface area contributed by atoms with Gasteiger partial charge < -0.3 is 29.2 Å². The molecule has 0 aromatic carbocycles. The third-order valence-corrected chi connectivity index (χ3v) is 3.46. The molecule has 1 amide bonds. The van der Waals surface area contributed by atoms with Crippen LogP contribution in [0.2, 0.25) is 0 Å². The number of furan rings is 1. The Morgan fingerprint density at radius 3 is 2.58 bits per heavy atom. The molecule has 9 heteroatoms. The highest BCUT2D eigenvalue weighted by molar-refractivity contribution is 5.91. The van der Waals surface area contributed by atoms with E-state index in [1.54, 1.807) is 30.9 Å². The number of aliphatic hydroxyl groups excluding tert-OH is 2. The molecule has 130 valence electrons. The minimum atomic E-state index is -0.696. The molecule has 0 unspecified atom stereocenters. The van der Waals surface area contributed by atoms with Crippen LogP contribution in [0.5, 0.6) is 0 Å². The van der Waals surface area contributed by atoms with E-state index in [0.29, 0.717) is 18.7 Å². The molecule has 0 saturated carbocycles. The van der Waals surface area contributed by atoms with Gasteiger partial charge in [0.1, 0.15) is 5.76 Å². The topological polar surface area (TPSA) is 129 Å². The Balaban J connectivity index is 0.000000647. The van der Waals surface area contributed by atoms with E-state index in [2.05, 4.69) is 4.98 Å². The van der Waals surface area contributed by atoms with E-state index in [4.69, 9.17) is 14.3 Å². The summed E-state index contributed by atoms with van der Waals surface area (Å²) in [5, 5.41) is 26.1. The van der Waals surface area contributed by atoms with Crippen LogP contribution in [0.25, 0.3) is 0 Å². The van der Waals surface area contributed by atoms with Crippen LogP contribution in [-0.4, -0.2) is 67.4 Å². The lowest BCUT2D eigenvalue weighted by Gasteiger charge is -2.32. The normalized spacial score (nSPS) is 20.2. The van der Waals surface area contributed by atoms with Crippen molar-refractivity contribution < 1.29 is 29.3 Å². The van der Waals surface area contributed by atoms with Gasteiger partial charge in [-0.05, 0) is 12.1 Å². The maximum Gasteiger partial charge on any atom is 0.290 e. The Morgan fingerprint density at radius 2 is 2.00 bits per heavy atom. The average molecular weight is 337 g/mol. The third-order valence-electron chi connectivity index (χ3n) is 3.46. The van der Waals surface area contributed by atoms with Crippen LogP contribution in [0.3, 0.4) is 0 Å². The van der Waals surface area contributed by atoms with Crippen molar-refractivity contribution in [2.75, 3.05) is 13.1 Å². The summed E-state index contributed by atoms with van der Waals surface area (Å²) in [5.74, 6) is 0.547. The Labute approximate surface area is 137 Å². The summed E-state index contributed by atoms with van der Waals surface area (Å²) < 4.78 is 7.37. The molecule has 1 fully saturated rings. The van der Waals surface area contributed by atoms with Crippen LogP contribution in [0.15, 0.2) is 35.3 Å². The molecule has 1 aliphatic heterocycles. The molecule has 2 aromatic heterocycles. The first-order chi connectivity index (χ1) is 11.5. The number of likely N-dealkylation sites (tertiary alicyclic amines) is 1. The van der Waals surface area contributed by atoms with Crippen LogP contribution in [0.1, 0.15) is 22.7 Å². The van der Waals surface area contributed by atoms with E-state index in [-0.39, 0.29) is 31.2 Å². The van der Waals surface area contributed by atoms with Crippen molar-refractivity contribution in [1.82, 2.24) is 14.5 Å². The van der Waals surface area contributed by atoms with Crippen molar-refractivity contribution in [2.45, 2.75) is 25.2 Å². The zero-order chi connectivity index (χ0) is 17.5. The maximum atomic E-state index is 12.3. The molecule has 0 aliphatic carbocycles. The summed E-state index contributed by atoms with van der Waals surface area (Å²) in [7, 11) is 0. The van der Waals surface area contributed by atoms with E-state index in [9.17, 15) is 15.0 Å². The molecule has 1 aliphatic rings. The van der Waals surface area contributed by atoms with Gasteiger partial charge in [-0.1, -0.05) is 0 Å². The summed E-state index contributed by atoms with van der Waals surface area (Å²) in [6.45, 7) is 0.680. The van der Waals surface area contributed by atoms with Crippen LogP contribution >= 0.6 is 0 Å². The number of aromatic nitrogens is 2. The number of carbonyl (C=O) groups excluding carboxylic acids is 1. The van der Waals surface area contributed by atoms with E-state index < -0.39 is 12.2 Å². The molecule has 9 nitrogen and oxygen atoms in total. The second-order valence-corrected chi connectivity index (χ2v) is 5.36. The van der Waals surface area contributed by atoms with Gasteiger partial charge in [-0.15, -0.1) is 0 Å². The molecular weight excluding hydrogens is 318 g/mol. The quantitative estimate of drug-likeness (QED) is 0.661. The van der Waals surface area contributed by atoms with E-state index >= 15 is 0 Å². The second kappa shape index (κ2) is 8.27. The summed E-state index contributed by atoms with van der Waals surface area (Å²) in [6.07, 6.45) is 4.05. The SMILES string of the molecule is O=C(c1ccc(Cn2ccnc2)o1)N1C[C@H](O)C[C@@H](O)C1.O=CO. The van der Waals surface area contributed by atoms with Gasteiger partial charge in [0.05, 0.1) is 25.1 Å². The number of hydrogen-bond donors (Lipinski definition) is 3. The Bertz CT molecular complexity index is 644. The summed E-state index contributed by atoms with van der Waals surface area (Å²) >= 11 is 0. The first-order valence-corrected chi connectivity index (χ1v) is 7.31. The highest BCUT2D eigenvalue weighted by Crippen LogP contribution is 2.17.